The fraction of sp³-hybridized carbons (Fsp3) is 1.00. The summed E-state index contributed by atoms with van der Waals surface area (Å²) in [5.74, 6) is 0.324. The molecule has 0 aromatic carbocycles. The van der Waals surface area contributed by atoms with Crippen molar-refractivity contribution in [2.24, 2.45) is 0 Å². The number of rotatable bonds is 0. The molecule has 1 N–H and O–H groups in total. The lowest BCUT2D eigenvalue weighted by molar-refractivity contribution is 0.600. The van der Waals surface area contributed by atoms with Crippen molar-refractivity contribution in [2.45, 2.75) is 19.3 Å². The van der Waals surface area contributed by atoms with Crippen LogP contribution in [0.15, 0.2) is 0 Å². The van der Waals surface area contributed by atoms with Gasteiger partial charge in [0.15, 0.2) is 0 Å². The van der Waals surface area contributed by atoms with E-state index < -0.39 is 8.87 Å². The summed E-state index contributed by atoms with van der Waals surface area (Å²) in [4.78, 5) is 0. The van der Waals surface area contributed by atoms with Gasteiger partial charge in [-0.05, 0) is 12.8 Å². The van der Waals surface area contributed by atoms with Crippen molar-refractivity contribution in [2.75, 3.05) is 12.3 Å². The molecule has 5 heteroatoms. The molecule has 0 aromatic heterocycles. The summed E-state index contributed by atoms with van der Waals surface area (Å²) in [6.07, 6.45) is 2.92. The van der Waals surface area contributed by atoms with Crippen molar-refractivity contribution < 1.29 is 8.42 Å². The SMILES string of the molecule is O=S1(=O)CCCCCNS1. The van der Waals surface area contributed by atoms with Crippen molar-refractivity contribution in [3.63, 3.8) is 0 Å². The third-order valence-corrected chi connectivity index (χ3v) is 4.34. The van der Waals surface area contributed by atoms with Crippen LogP contribution in [0.5, 0.6) is 0 Å². The molecular formula is C5H11NO2S2. The van der Waals surface area contributed by atoms with Gasteiger partial charge in [0, 0.05) is 6.54 Å². The van der Waals surface area contributed by atoms with E-state index >= 15 is 0 Å². The lowest BCUT2D eigenvalue weighted by Gasteiger charge is -2.08. The second-order valence-corrected chi connectivity index (χ2v) is 6.30. The van der Waals surface area contributed by atoms with Gasteiger partial charge in [-0.25, -0.2) is 8.42 Å². The Morgan fingerprint density at radius 2 is 2.00 bits per heavy atom. The Bertz CT molecular complexity index is 174. The summed E-state index contributed by atoms with van der Waals surface area (Å²) in [5, 5.41) is 0. The van der Waals surface area contributed by atoms with Crippen molar-refractivity contribution >= 4 is 19.8 Å². The Hall–Kier alpha value is 0.260. The van der Waals surface area contributed by atoms with Gasteiger partial charge in [-0.1, -0.05) is 6.42 Å². The minimum Gasteiger partial charge on any atom is -0.251 e. The summed E-state index contributed by atoms with van der Waals surface area (Å²) in [7, 11) is -1.96. The van der Waals surface area contributed by atoms with Gasteiger partial charge in [0.25, 0.3) is 0 Å². The van der Waals surface area contributed by atoms with E-state index in [-0.39, 0.29) is 0 Å². The zero-order chi connectivity index (χ0) is 7.45. The molecule has 1 aliphatic heterocycles. The summed E-state index contributed by atoms with van der Waals surface area (Å²) in [5.41, 5.74) is 0. The standard InChI is InChI=1S/C5H11NO2S2/c7-10(8)5-3-1-2-4-6-9-10/h6H,1-5H2. The molecule has 0 bridgehead atoms. The third-order valence-electron chi connectivity index (χ3n) is 1.36. The molecule has 0 aromatic rings. The van der Waals surface area contributed by atoms with Crippen LogP contribution in [-0.4, -0.2) is 20.7 Å². The van der Waals surface area contributed by atoms with Crippen molar-refractivity contribution in [3.8, 4) is 0 Å². The Balaban J connectivity index is 2.46. The zero-order valence-electron chi connectivity index (χ0n) is 5.67. The Morgan fingerprint density at radius 1 is 1.20 bits per heavy atom. The molecule has 1 rings (SSSR count). The van der Waals surface area contributed by atoms with Crippen LogP contribution in [0.1, 0.15) is 19.3 Å². The summed E-state index contributed by atoms with van der Waals surface area (Å²) < 4.78 is 24.7. The molecule has 0 aliphatic carbocycles. The van der Waals surface area contributed by atoms with E-state index in [0.717, 1.165) is 36.8 Å². The van der Waals surface area contributed by atoms with Crippen molar-refractivity contribution in [3.05, 3.63) is 0 Å². The second-order valence-electron chi connectivity index (χ2n) is 2.30. The van der Waals surface area contributed by atoms with Crippen LogP contribution >= 0.6 is 11.0 Å². The average molecular weight is 181 g/mol. The first-order valence-corrected chi connectivity index (χ1v) is 6.33. The lowest BCUT2D eigenvalue weighted by Crippen LogP contribution is -2.15. The van der Waals surface area contributed by atoms with Gasteiger partial charge in [-0.2, -0.15) is 0 Å². The van der Waals surface area contributed by atoms with E-state index in [4.69, 9.17) is 0 Å². The molecular weight excluding hydrogens is 170 g/mol. The molecule has 0 amide bonds. The minimum absolute atomic E-state index is 0.324. The summed E-state index contributed by atoms with van der Waals surface area (Å²) in [6.45, 7) is 0.809. The molecule has 60 valence electrons. The van der Waals surface area contributed by atoms with Crippen LogP contribution in [0, 0.1) is 0 Å². The Morgan fingerprint density at radius 3 is 2.80 bits per heavy atom. The third kappa shape index (κ3) is 2.90. The maximum Gasteiger partial charge on any atom is 0.215 e. The molecule has 0 atom stereocenters. The van der Waals surface area contributed by atoms with Crippen molar-refractivity contribution in [1.82, 2.24) is 4.72 Å². The second kappa shape index (κ2) is 3.59. The van der Waals surface area contributed by atoms with E-state index in [9.17, 15) is 8.42 Å². The van der Waals surface area contributed by atoms with Crippen LogP contribution in [0.2, 0.25) is 0 Å². The minimum atomic E-state index is -2.84. The normalized spacial score (nSPS) is 26.8. The zero-order valence-corrected chi connectivity index (χ0v) is 7.30. The predicted octanol–water partition coefficient (Wildman–Crippen LogP) is 0.738. The first-order chi connectivity index (χ1) is 4.71. The van der Waals surface area contributed by atoms with Crippen LogP contribution in [0.25, 0.3) is 0 Å². The highest BCUT2D eigenvalue weighted by Gasteiger charge is 2.12. The molecule has 3 nitrogen and oxygen atoms in total. The maximum atomic E-state index is 10.9. The van der Waals surface area contributed by atoms with E-state index in [0.29, 0.717) is 5.75 Å². The average Bonchev–Trinajstić information content (AvgIpc) is 1.81. The summed E-state index contributed by atoms with van der Waals surface area (Å²) >= 11 is 0. The van der Waals surface area contributed by atoms with Gasteiger partial charge in [-0.3, -0.25) is 4.72 Å². The first-order valence-electron chi connectivity index (χ1n) is 3.35. The van der Waals surface area contributed by atoms with Gasteiger partial charge < -0.3 is 0 Å². The van der Waals surface area contributed by atoms with Crippen LogP contribution in [0.4, 0.5) is 0 Å². The Labute approximate surface area is 65.0 Å². The highest BCUT2D eigenvalue weighted by Crippen LogP contribution is 2.14. The van der Waals surface area contributed by atoms with E-state index in [1.54, 1.807) is 0 Å². The first kappa shape index (κ1) is 8.36. The van der Waals surface area contributed by atoms with Crippen molar-refractivity contribution in [1.29, 1.82) is 0 Å². The predicted molar refractivity (Wildman–Crippen MR) is 43.2 cm³/mol. The molecule has 1 aliphatic rings. The smallest absolute Gasteiger partial charge is 0.215 e. The largest absolute Gasteiger partial charge is 0.251 e. The van der Waals surface area contributed by atoms with E-state index in [2.05, 4.69) is 4.72 Å². The fourth-order valence-electron chi connectivity index (χ4n) is 0.826. The van der Waals surface area contributed by atoms with Gasteiger partial charge in [0.05, 0.1) is 16.7 Å². The molecule has 1 heterocycles. The van der Waals surface area contributed by atoms with Gasteiger partial charge in [0.2, 0.25) is 8.87 Å². The number of nitrogens with one attached hydrogen (secondary N) is 1. The molecule has 0 saturated carbocycles. The van der Waals surface area contributed by atoms with Gasteiger partial charge in [-0.15, -0.1) is 0 Å². The highest BCUT2D eigenvalue weighted by atomic mass is 33.1. The monoisotopic (exact) mass is 181 g/mol. The molecule has 10 heavy (non-hydrogen) atoms. The molecule has 0 radical (unpaired) electrons. The van der Waals surface area contributed by atoms with Crippen LogP contribution in [-0.2, 0) is 8.87 Å². The molecule has 1 fully saturated rings. The quantitative estimate of drug-likeness (QED) is 0.442. The van der Waals surface area contributed by atoms with Gasteiger partial charge in [0.1, 0.15) is 0 Å². The summed E-state index contributed by atoms with van der Waals surface area (Å²) in [6, 6.07) is 0. The Kier molecular flexibility index (Phi) is 3.00. The molecule has 0 spiro atoms. The topological polar surface area (TPSA) is 46.2 Å². The number of hydrogen-bond donors (Lipinski definition) is 1. The van der Waals surface area contributed by atoms with E-state index in [1.807, 2.05) is 0 Å². The molecule has 0 unspecified atom stereocenters. The number of hydrogen-bond acceptors (Lipinski definition) is 4. The fourth-order valence-corrected chi connectivity index (χ4v) is 3.27. The van der Waals surface area contributed by atoms with E-state index in [1.165, 1.54) is 0 Å². The lowest BCUT2D eigenvalue weighted by atomic mass is 10.2. The van der Waals surface area contributed by atoms with Gasteiger partial charge >= 0.3 is 0 Å². The van der Waals surface area contributed by atoms with Crippen LogP contribution < -0.4 is 4.72 Å². The van der Waals surface area contributed by atoms with Crippen LogP contribution in [0.3, 0.4) is 0 Å². The molecule has 1 saturated heterocycles. The highest BCUT2D eigenvalue weighted by molar-refractivity contribution is 8.71. The maximum absolute atomic E-state index is 10.9.